The molecule has 0 saturated heterocycles. The quantitative estimate of drug-likeness (QED) is 0.522. The van der Waals surface area contributed by atoms with Crippen LogP contribution in [-0.4, -0.2) is 26.5 Å². The van der Waals surface area contributed by atoms with Crippen molar-refractivity contribution < 1.29 is 4.74 Å². The van der Waals surface area contributed by atoms with E-state index in [1.807, 2.05) is 49.4 Å². The van der Waals surface area contributed by atoms with Gasteiger partial charge in [0.2, 0.25) is 0 Å². The Hall–Kier alpha value is -3.54. The van der Waals surface area contributed by atoms with Crippen LogP contribution in [0.25, 0.3) is 22.4 Å². The van der Waals surface area contributed by atoms with E-state index in [9.17, 15) is 4.79 Å². The van der Waals surface area contributed by atoms with Gasteiger partial charge in [0.15, 0.2) is 5.82 Å². The van der Waals surface area contributed by atoms with Gasteiger partial charge in [0, 0.05) is 18.1 Å². The fourth-order valence-electron chi connectivity index (χ4n) is 3.02. The molecular formula is C22H20N4O2. The molecule has 3 heterocycles. The van der Waals surface area contributed by atoms with Gasteiger partial charge < -0.3 is 9.72 Å². The van der Waals surface area contributed by atoms with Crippen LogP contribution in [0.2, 0.25) is 0 Å². The molecule has 6 heteroatoms. The summed E-state index contributed by atoms with van der Waals surface area (Å²) in [4.78, 5) is 28.3. The fourth-order valence-corrected chi connectivity index (χ4v) is 3.02. The Balaban J connectivity index is 1.49. The van der Waals surface area contributed by atoms with Crippen LogP contribution in [0.1, 0.15) is 17.7 Å². The van der Waals surface area contributed by atoms with Crippen LogP contribution in [0.3, 0.4) is 0 Å². The van der Waals surface area contributed by atoms with Crippen LogP contribution in [0.4, 0.5) is 0 Å². The van der Waals surface area contributed by atoms with Crippen LogP contribution < -0.4 is 10.3 Å². The summed E-state index contributed by atoms with van der Waals surface area (Å²) in [6.07, 6.45) is 5.39. The van der Waals surface area contributed by atoms with Crippen molar-refractivity contribution >= 4 is 10.9 Å². The molecule has 0 radical (unpaired) electrons. The summed E-state index contributed by atoms with van der Waals surface area (Å²) in [6.45, 7) is 2.48. The molecule has 28 heavy (non-hydrogen) atoms. The molecule has 0 bridgehead atoms. The minimum Gasteiger partial charge on any atom is -0.494 e. The molecule has 6 nitrogen and oxygen atoms in total. The Bertz CT molecular complexity index is 1160. The standard InChI is InChI=1S/C22H20N4O2/c1-15-4-2-6-20(24-15)21-25-19-8-7-17(14-18(19)22(27)26-21)28-13-3-5-16-9-11-23-12-10-16/h2,4,6-12,14H,3,5,13H2,1H3,(H,25,26,27). The summed E-state index contributed by atoms with van der Waals surface area (Å²) >= 11 is 0. The maximum Gasteiger partial charge on any atom is 0.259 e. The second kappa shape index (κ2) is 8.00. The topological polar surface area (TPSA) is 80.8 Å². The zero-order chi connectivity index (χ0) is 19.3. The van der Waals surface area contributed by atoms with Gasteiger partial charge in [-0.1, -0.05) is 6.07 Å². The van der Waals surface area contributed by atoms with E-state index in [4.69, 9.17) is 4.74 Å². The van der Waals surface area contributed by atoms with E-state index in [0.29, 0.717) is 34.8 Å². The van der Waals surface area contributed by atoms with E-state index in [2.05, 4.69) is 19.9 Å². The van der Waals surface area contributed by atoms with Gasteiger partial charge in [0.05, 0.1) is 17.5 Å². The zero-order valence-corrected chi connectivity index (χ0v) is 15.6. The van der Waals surface area contributed by atoms with Crippen LogP contribution >= 0.6 is 0 Å². The van der Waals surface area contributed by atoms with Gasteiger partial charge in [-0.25, -0.2) is 9.97 Å². The molecule has 0 saturated carbocycles. The van der Waals surface area contributed by atoms with Crippen molar-refractivity contribution in [1.29, 1.82) is 0 Å². The molecule has 1 N–H and O–H groups in total. The number of aryl methyl sites for hydroxylation is 2. The van der Waals surface area contributed by atoms with Crippen LogP contribution in [-0.2, 0) is 6.42 Å². The molecule has 140 valence electrons. The molecule has 3 aromatic heterocycles. The summed E-state index contributed by atoms with van der Waals surface area (Å²) in [5.74, 6) is 1.13. The monoisotopic (exact) mass is 372 g/mol. The number of hydrogen-bond donors (Lipinski definition) is 1. The Labute approximate surface area is 162 Å². The summed E-state index contributed by atoms with van der Waals surface area (Å²) in [5, 5.41) is 0.503. The second-order valence-corrected chi connectivity index (χ2v) is 6.57. The molecule has 4 rings (SSSR count). The highest BCUT2D eigenvalue weighted by atomic mass is 16.5. The Morgan fingerprint density at radius 3 is 2.71 bits per heavy atom. The maximum absolute atomic E-state index is 12.5. The lowest BCUT2D eigenvalue weighted by Crippen LogP contribution is -2.10. The van der Waals surface area contributed by atoms with E-state index in [1.54, 1.807) is 18.5 Å². The molecule has 4 aromatic rings. The third-order valence-corrected chi connectivity index (χ3v) is 4.44. The molecule has 0 aliphatic heterocycles. The van der Waals surface area contributed by atoms with Crippen LogP contribution in [0.5, 0.6) is 5.75 Å². The molecule has 0 fully saturated rings. The van der Waals surface area contributed by atoms with Gasteiger partial charge in [-0.2, -0.15) is 0 Å². The lowest BCUT2D eigenvalue weighted by atomic mass is 10.1. The highest BCUT2D eigenvalue weighted by Crippen LogP contribution is 2.19. The molecule has 0 aliphatic carbocycles. The maximum atomic E-state index is 12.5. The number of nitrogens with zero attached hydrogens (tertiary/aromatic N) is 3. The fraction of sp³-hybridized carbons (Fsp3) is 0.182. The van der Waals surface area contributed by atoms with Gasteiger partial charge in [0.25, 0.3) is 5.56 Å². The first kappa shape index (κ1) is 17.9. The number of pyridine rings is 2. The van der Waals surface area contributed by atoms with Gasteiger partial charge >= 0.3 is 0 Å². The number of ether oxygens (including phenoxy) is 1. The largest absolute Gasteiger partial charge is 0.494 e. The smallest absolute Gasteiger partial charge is 0.259 e. The number of benzene rings is 1. The summed E-state index contributed by atoms with van der Waals surface area (Å²) in [6, 6.07) is 15.0. The normalized spacial score (nSPS) is 10.9. The second-order valence-electron chi connectivity index (χ2n) is 6.57. The predicted molar refractivity (Wildman–Crippen MR) is 108 cm³/mol. The third-order valence-electron chi connectivity index (χ3n) is 4.44. The zero-order valence-electron chi connectivity index (χ0n) is 15.6. The lowest BCUT2D eigenvalue weighted by Gasteiger charge is -2.08. The molecule has 0 spiro atoms. The average Bonchev–Trinajstić information content (AvgIpc) is 2.72. The van der Waals surface area contributed by atoms with Crippen molar-refractivity contribution in [2.75, 3.05) is 6.61 Å². The van der Waals surface area contributed by atoms with E-state index >= 15 is 0 Å². The summed E-state index contributed by atoms with van der Waals surface area (Å²) < 4.78 is 5.81. The highest BCUT2D eigenvalue weighted by molar-refractivity contribution is 5.80. The lowest BCUT2D eigenvalue weighted by molar-refractivity contribution is 0.311. The Morgan fingerprint density at radius 1 is 1.04 bits per heavy atom. The van der Waals surface area contributed by atoms with Crippen molar-refractivity contribution in [2.24, 2.45) is 0 Å². The number of aromatic nitrogens is 4. The van der Waals surface area contributed by atoms with E-state index < -0.39 is 0 Å². The summed E-state index contributed by atoms with van der Waals surface area (Å²) in [5.41, 5.74) is 3.16. The minimum atomic E-state index is -0.203. The Morgan fingerprint density at radius 2 is 1.89 bits per heavy atom. The molecule has 0 amide bonds. The van der Waals surface area contributed by atoms with Gasteiger partial charge in [-0.05, 0) is 67.8 Å². The minimum absolute atomic E-state index is 0.203. The first-order valence-corrected chi connectivity index (χ1v) is 9.19. The number of aromatic amines is 1. The molecule has 0 aliphatic rings. The molecular weight excluding hydrogens is 352 g/mol. The third kappa shape index (κ3) is 4.06. The first-order valence-electron chi connectivity index (χ1n) is 9.19. The van der Waals surface area contributed by atoms with Gasteiger partial charge in [-0.3, -0.25) is 9.78 Å². The highest BCUT2D eigenvalue weighted by Gasteiger charge is 2.08. The van der Waals surface area contributed by atoms with E-state index in [-0.39, 0.29) is 5.56 Å². The van der Waals surface area contributed by atoms with E-state index in [1.165, 1.54) is 5.56 Å². The number of hydrogen-bond acceptors (Lipinski definition) is 5. The van der Waals surface area contributed by atoms with Crippen molar-refractivity contribution in [1.82, 2.24) is 19.9 Å². The summed E-state index contributed by atoms with van der Waals surface area (Å²) in [7, 11) is 0. The number of rotatable bonds is 6. The van der Waals surface area contributed by atoms with Gasteiger partial charge in [-0.15, -0.1) is 0 Å². The Kier molecular flexibility index (Phi) is 5.10. The number of nitrogens with one attached hydrogen (secondary N) is 1. The van der Waals surface area contributed by atoms with Crippen molar-refractivity contribution in [2.45, 2.75) is 19.8 Å². The van der Waals surface area contributed by atoms with Crippen LogP contribution in [0, 0.1) is 6.92 Å². The predicted octanol–water partition coefficient (Wildman–Crippen LogP) is 3.70. The van der Waals surface area contributed by atoms with Crippen molar-refractivity contribution in [3.8, 4) is 17.3 Å². The van der Waals surface area contributed by atoms with E-state index in [0.717, 1.165) is 18.5 Å². The van der Waals surface area contributed by atoms with Gasteiger partial charge in [0.1, 0.15) is 11.4 Å². The number of fused-ring (bicyclic) bond motifs is 1. The van der Waals surface area contributed by atoms with Crippen LogP contribution in [0.15, 0.2) is 65.7 Å². The molecule has 0 unspecified atom stereocenters. The first-order chi connectivity index (χ1) is 13.7. The SMILES string of the molecule is Cc1cccc(-c2nc3ccc(OCCCc4ccncc4)cc3c(=O)[nH]2)n1. The molecule has 1 aromatic carbocycles. The van der Waals surface area contributed by atoms with Crippen molar-refractivity contribution in [3.63, 3.8) is 0 Å². The average molecular weight is 372 g/mol. The number of H-pyrrole nitrogens is 1. The van der Waals surface area contributed by atoms with Crippen molar-refractivity contribution in [3.05, 3.63) is 82.5 Å². The molecule has 0 atom stereocenters.